The lowest BCUT2D eigenvalue weighted by molar-refractivity contribution is -0.117. The minimum atomic E-state index is -1.10. The van der Waals surface area contributed by atoms with E-state index in [1.165, 1.54) is 6.20 Å². The normalized spacial score (nSPS) is 10.8. The van der Waals surface area contributed by atoms with Gasteiger partial charge in [0.25, 0.3) is 11.8 Å². The van der Waals surface area contributed by atoms with Crippen LogP contribution < -0.4 is 10.6 Å². The maximum atomic E-state index is 12.9. The number of fused-ring (bicyclic) bond motifs is 1. The molecule has 4 rings (SSSR count). The molecular weight excluding hydrogens is 397 g/mol. The zero-order chi connectivity index (χ0) is 22.0. The molecule has 0 saturated heterocycles. The van der Waals surface area contributed by atoms with E-state index in [1.54, 1.807) is 34.8 Å². The van der Waals surface area contributed by atoms with Crippen LogP contribution >= 0.6 is 0 Å². The lowest BCUT2D eigenvalue weighted by Gasteiger charge is -2.12. The van der Waals surface area contributed by atoms with Crippen molar-refractivity contribution >= 4 is 28.8 Å². The van der Waals surface area contributed by atoms with Crippen molar-refractivity contribution in [3.63, 3.8) is 0 Å². The quantitative estimate of drug-likeness (QED) is 0.510. The standard InChI is InChI=1S/C23H20FN5O2/c1-14-10-15(2)29-22(26-14)19(13-25-29)23(31)27-17-7-5-6-16(11-17)18-8-3-4-9-20(18)28-21(30)12-24/h3-11,13H,12H2,1-2H3,(H,27,31)(H,28,30). The van der Waals surface area contributed by atoms with Gasteiger partial charge >= 0.3 is 0 Å². The molecule has 0 unspecified atom stereocenters. The topological polar surface area (TPSA) is 88.4 Å². The predicted octanol–water partition coefficient (Wildman–Crippen LogP) is 4.17. The van der Waals surface area contributed by atoms with Crippen LogP contribution in [0.3, 0.4) is 0 Å². The second-order valence-electron chi connectivity index (χ2n) is 7.09. The predicted molar refractivity (Wildman–Crippen MR) is 117 cm³/mol. The second-order valence-corrected chi connectivity index (χ2v) is 7.09. The summed E-state index contributed by atoms with van der Waals surface area (Å²) < 4.78 is 14.3. The van der Waals surface area contributed by atoms with E-state index < -0.39 is 12.6 Å². The highest BCUT2D eigenvalue weighted by atomic mass is 19.1. The molecule has 7 nitrogen and oxygen atoms in total. The van der Waals surface area contributed by atoms with Gasteiger partial charge in [0.05, 0.1) is 6.20 Å². The number of amides is 2. The third kappa shape index (κ3) is 4.13. The SMILES string of the molecule is Cc1cc(C)n2ncc(C(=O)Nc3cccc(-c4ccccc4NC(=O)CF)c3)c2n1. The summed E-state index contributed by atoms with van der Waals surface area (Å²) in [5.41, 5.74) is 5.08. The zero-order valence-electron chi connectivity index (χ0n) is 17.0. The fourth-order valence-corrected chi connectivity index (χ4v) is 3.42. The number of anilines is 2. The van der Waals surface area contributed by atoms with Crippen LogP contribution in [0, 0.1) is 13.8 Å². The third-order valence-electron chi connectivity index (χ3n) is 4.78. The van der Waals surface area contributed by atoms with Gasteiger partial charge in [0.2, 0.25) is 0 Å². The molecule has 8 heteroatoms. The molecule has 0 fully saturated rings. The third-order valence-corrected chi connectivity index (χ3v) is 4.78. The molecule has 0 atom stereocenters. The van der Waals surface area contributed by atoms with E-state index in [4.69, 9.17) is 0 Å². The van der Waals surface area contributed by atoms with Gasteiger partial charge in [-0.25, -0.2) is 13.9 Å². The Labute approximate surface area is 177 Å². The summed E-state index contributed by atoms with van der Waals surface area (Å²) in [6, 6.07) is 16.2. The van der Waals surface area contributed by atoms with Gasteiger partial charge in [0.15, 0.2) is 12.3 Å². The summed E-state index contributed by atoms with van der Waals surface area (Å²) in [7, 11) is 0. The molecule has 31 heavy (non-hydrogen) atoms. The summed E-state index contributed by atoms with van der Waals surface area (Å²) in [6.07, 6.45) is 1.50. The summed E-state index contributed by atoms with van der Waals surface area (Å²) in [6.45, 7) is 2.67. The molecule has 0 radical (unpaired) electrons. The van der Waals surface area contributed by atoms with E-state index in [0.29, 0.717) is 28.1 Å². The number of para-hydroxylation sites is 1. The summed E-state index contributed by atoms with van der Waals surface area (Å²) in [5, 5.41) is 9.69. The van der Waals surface area contributed by atoms with Crippen LogP contribution in [-0.4, -0.2) is 33.1 Å². The van der Waals surface area contributed by atoms with Crippen molar-refractivity contribution in [2.75, 3.05) is 17.3 Å². The van der Waals surface area contributed by atoms with E-state index >= 15 is 0 Å². The Balaban J connectivity index is 1.63. The first-order valence-corrected chi connectivity index (χ1v) is 9.65. The van der Waals surface area contributed by atoms with Crippen LogP contribution in [0.2, 0.25) is 0 Å². The Morgan fingerprint density at radius 3 is 2.65 bits per heavy atom. The molecule has 156 valence electrons. The van der Waals surface area contributed by atoms with E-state index in [-0.39, 0.29) is 5.91 Å². The van der Waals surface area contributed by atoms with Crippen LogP contribution in [0.1, 0.15) is 21.7 Å². The van der Waals surface area contributed by atoms with Gasteiger partial charge in [0, 0.05) is 28.3 Å². The average Bonchev–Trinajstić information content (AvgIpc) is 3.18. The van der Waals surface area contributed by atoms with Gasteiger partial charge in [-0.15, -0.1) is 0 Å². The first-order chi connectivity index (χ1) is 15.0. The molecule has 0 bridgehead atoms. The number of carbonyl (C=O) groups is 2. The van der Waals surface area contributed by atoms with Gasteiger partial charge < -0.3 is 10.6 Å². The summed E-state index contributed by atoms with van der Waals surface area (Å²) in [4.78, 5) is 28.9. The lowest BCUT2D eigenvalue weighted by Crippen LogP contribution is -2.14. The Hall–Kier alpha value is -4.07. The fourth-order valence-electron chi connectivity index (χ4n) is 3.42. The number of hydrogen-bond donors (Lipinski definition) is 2. The molecule has 0 spiro atoms. The van der Waals surface area contributed by atoms with Gasteiger partial charge in [-0.1, -0.05) is 30.3 Å². The first kappa shape index (κ1) is 20.2. The largest absolute Gasteiger partial charge is 0.323 e. The smallest absolute Gasteiger partial charge is 0.261 e. The molecular formula is C23H20FN5O2. The molecule has 0 aliphatic rings. The molecule has 2 heterocycles. The molecule has 2 N–H and O–H groups in total. The number of alkyl halides is 1. The highest BCUT2D eigenvalue weighted by molar-refractivity contribution is 6.08. The highest BCUT2D eigenvalue weighted by Gasteiger charge is 2.16. The molecule has 2 amide bonds. The fraction of sp³-hybridized carbons (Fsp3) is 0.130. The molecule has 0 aliphatic carbocycles. The Morgan fingerprint density at radius 2 is 1.84 bits per heavy atom. The monoisotopic (exact) mass is 417 g/mol. The Bertz CT molecular complexity index is 1300. The minimum Gasteiger partial charge on any atom is -0.323 e. The molecule has 0 aliphatic heterocycles. The minimum absolute atomic E-state index is 0.330. The maximum Gasteiger partial charge on any atom is 0.261 e. The number of nitrogens with one attached hydrogen (secondary N) is 2. The van der Waals surface area contributed by atoms with Crippen molar-refractivity contribution in [2.24, 2.45) is 0 Å². The van der Waals surface area contributed by atoms with Crippen LogP contribution in [0.5, 0.6) is 0 Å². The van der Waals surface area contributed by atoms with Crippen molar-refractivity contribution in [2.45, 2.75) is 13.8 Å². The van der Waals surface area contributed by atoms with E-state index in [0.717, 1.165) is 17.0 Å². The molecule has 2 aromatic carbocycles. The van der Waals surface area contributed by atoms with Crippen molar-refractivity contribution in [3.05, 3.63) is 77.7 Å². The van der Waals surface area contributed by atoms with E-state index in [9.17, 15) is 14.0 Å². The van der Waals surface area contributed by atoms with Gasteiger partial charge in [-0.05, 0) is 43.7 Å². The number of hydrogen-bond acceptors (Lipinski definition) is 4. The number of aromatic nitrogens is 3. The Morgan fingerprint density at radius 1 is 1.03 bits per heavy atom. The molecule has 0 saturated carbocycles. The lowest BCUT2D eigenvalue weighted by atomic mass is 10.0. The summed E-state index contributed by atoms with van der Waals surface area (Å²) >= 11 is 0. The van der Waals surface area contributed by atoms with Crippen molar-refractivity contribution in [1.82, 2.24) is 14.6 Å². The number of halogens is 1. The van der Waals surface area contributed by atoms with Gasteiger partial charge in [-0.2, -0.15) is 5.10 Å². The number of aryl methyl sites for hydroxylation is 2. The van der Waals surface area contributed by atoms with E-state index in [2.05, 4.69) is 20.7 Å². The average molecular weight is 417 g/mol. The van der Waals surface area contributed by atoms with Crippen molar-refractivity contribution in [1.29, 1.82) is 0 Å². The van der Waals surface area contributed by atoms with Gasteiger partial charge in [-0.3, -0.25) is 9.59 Å². The van der Waals surface area contributed by atoms with Crippen LogP contribution in [0.4, 0.5) is 15.8 Å². The number of carbonyl (C=O) groups excluding carboxylic acids is 2. The van der Waals surface area contributed by atoms with Gasteiger partial charge in [0.1, 0.15) is 5.56 Å². The van der Waals surface area contributed by atoms with Crippen molar-refractivity contribution < 1.29 is 14.0 Å². The Kier molecular flexibility index (Phi) is 5.44. The van der Waals surface area contributed by atoms with E-state index in [1.807, 2.05) is 38.1 Å². The number of benzene rings is 2. The second kappa shape index (κ2) is 8.35. The summed E-state index contributed by atoms with van der Waals surface area (Å²) in [5.74, 6) is -1.05. The first-order valence-electron chi connectivity index (χ1n) is 9.65. The van der Waals surface area contributed by atoms with Crippen LogP contribution in [-0.2, 0) is 4.79 Å². The van der Waals surface area contributed by atoms with Crippen LogP contribution in [0.15, 0.2) is 60.8 Å². The number of nitrogens with zero attached hydrogens (tertiary/aromatic N) is 3. The zero-order valence-corrected chi connectivity index (χ0v) is 17.0. The maximum absolute atomic E-state index is 12.9. The highest BCUT2D eigenvalue weighted by Crippen LogP contribution is 2.30. The van der Waals surface area contributed by atoms with Crippen LogP contribution in [0.25, 0.3) is 16.8 Å². The molecule has 2 aromatic heterocycles. The molecule has 4 aromatic rings. The van der Waals surface area contributed by atoms with Crippen molar-refractivity contribution in [3.8, 4) is 11.1 Å². The number of rotatable bonds is 5.